The van der Waals surface area contributed by atoms with E-state index in [1.165, 1.54) is 0 Å². The first-order valence-electron chi connectivity index (χ1n) is 5.05. The summed E-state index contributed by atoms with van der Waals surface area (Å²) < 4.78 is 5.08. The van der Waals surface area contributed by atoms with E-state index >= 15 is 0 Å². The van der Waals surface area contributed by atoms with Gasteiger partial charge in [-0.05, 0) is 31.7 Å². The minimum atomic E-state index is -0.524. The van der Waals surface area contributed by atoms with Crippen LogP contribution in [0, 0.1) is 17.2 Å². The Morgan fingerprint density at radius 2 is 2.36 bits per heavy atom. The molecule has 1 aliphatic rings. The Bertz CT molecular complexity index is 211. The van der Waals surface area contributed by atoms with Gasteiger partial charge in [-0.3, -0.25) is 5.32 Å². The SMILES string of the molecule is COCC(C#N)(NCCCO)C1CC1. The molecule has 4 heteroatoms. The average Bonchev–Trinajstić information content (AvgIpc) is 3.00. The zero-order valence-electron chi connectivity index (χ0n) is 8.62. The first kappa shape index (κ1) is 11.4. The lowest BCUT2D eigenvalue weighted by molar-refractivity contribution is 0.124. The van der Waals surface area contributed by atoms with Crippen molar-refractivity contribution >= 4 is 0 Å². The zero-order valence-corrected chi connectivity index (χ0v) is 8.62. The summed E-state index contributed by atoms with van der Waals surface area (Å²) in [5.74, 6) is 0.422. The monoisotopic (exact) mass is 198 g/mol. The number of hydrogen-bond acceptors (Lipinski definition) is 4. The summed E-state index contributed by atoms with van der Waals surface area (Å²) in [7, 11) is 1.61. The van der Waals surface area contributed by atoms with Crippen LogP contribution >= 0.6 is 0 Å². The number of aliphatic hydroxyl groups excluding tert-OH is 1. The summed E-state index contributed by atoms with van der Waals surface area (Å²) in [6.07, 6.45) is 2.88. The quantitative estimate of drug-likeness (QED) is 0.577. The van der Waals surface area contributed by atoms with Crippen molar-refractivity contribution in [3.63, 3.8) is 0 Å². The zero-order chi connectivity index (χ0) is 10.4. The topological polar surface area (TPSA) is 65.3 Å². The van der Waals surface area contributed by atoms with Crippen LogP contribution in [0.15, 0.2) is 0 Å². The molecule has 1 saturated carbocycles. The summed E-state index contributed by atoms with van der Waals surface area (Å²) in [5, 5.41) is 21.0. The highest BCUT2D eigenvalue weighted by Gasteiger charge is 2.45. The van der Waals surface area contributed by atoms with Gasteiger partial charge in [0.05, 0.1) is 12.7 Å². The molecule has 1 aliphatic carbocycles. The van der Waals surface area contributed by atoms with Crippen LogP contribution in [0.3, 0.4) is 0 Å². The van der Waals surface area contributed by atoms with Gasteiger partial charge in [0.25, 0.3) is 0 Å². The van der Waals surface area contributed by atoms with Crippen LogP contribution in [0.25, 0.3) is 0 Å². The average molecular weight is 198 g/mol. The highest BCUT2D eigenvalue weighted by Crippen LogP contribution is 2.39. The van der Waals surface area contributed by atoms with Crippen molar-refractivity contribution in [3.8, 4) is 6.07 Å². The number of aliphatic hydroxyl groups is 1. The Hall–Kier alpha value is -0.630. The minimum absolute atomic E-state index is 0.159. The molecule has 0 aromatic carbocycles. The van der Waals surface area contributed by atoms with Gasteiger partial charge in [-0.15, -0.1) is 0 Å². The Balaban J connectivity index is 2.46. The highest BCUT2D eigenvalue weighted by molar-refractivity contribution is 5.15. The first-order chi connectivity index (χ1) is 6.79. The molecule has 0 amide bonds. The standard InChI is InChI=1S/C10H18N2O2/c1-14-8-10(7-11,9-3-4-9)12-5-2-6-13/h9,12-13H,2-6,8H2,1H3. The molecule has 80 valence electrons. The molecule has 0 spiro atoms. The number of methoxy groups -OCH3 is 1. The van der Waals surface area contributed by atoms with E-state index in [-0.39, 0.29) is 6.61 Å². The molecule has 2 N–H and O–H groups in total. The molecule has 4 nitrogen and oxygen atoms in total. The third kappa shape index (κ3) is 2.68. The van der Waals surface area contributed by atoms with Crippen LogP contribution in [-0.2, 0) is 4.74 Å². The third-order valence-corrected chi connectivity index (χ3v) is 2.62. The lowest BCUT2D eigenvalue weighted by atomic mass is 9.96. The Morgan fingerprint density at radius 1 is 1.64 bits per heavy atom. The van der Waals surface area contributed by atoms with E-state index in [9.17, 15) is 0 Å². The van der Waals surface area contributed by atoms with Gasteiger partial charge in [0.15, 0.2) is 0 Å². The van der Waals surface area contributed by atoms with Crippen LogP contribution in [0.1, 0.15) is 19.3 Å². The van der Waals surface area contributed by atoms with Crippen LogP contribution in [0.4, 0.5) is 0 Å². The molecule has 0 radical (unpaired) electrons. The molecule has 1 unspecified atom stereocenters. The van der Waals surface area contributed by atoms with Crippen molar-refractivity contribution in [1.82, 2.24) is 5.32 Å². The van der Waals surface area contributed by atoms with Crippen molar-refractivity contribution in [2.24, 2.45) is 5.92 Å². The molecule has 1 fully saturated rings. The first-order valence-corrected chi connectivity index (χ1v) is 5.05. The van der Waals surface area contributed by atoms with Gasteiger partial charge in [-0.1, -0.05) is 0 Å². The molecule has 0 heterocycles. The number of nitrogens with one attached hydrogen (secondary N) is 1. The van der Waals surface area contributed by atoms with Crippen molar-refractivity contribution in [2.75, 3.05) is 26.9 Å². The lowest BCUT2D eigenvalue weighted by Gasteiger charge is -2.27. The van der Waals surface area contributed by atoms with Gasteiger partial charge < -0.3 is 9.84 Å². The van der Waals surface area contributed by atoms with Crippen molar-refractivity contribution in [3.05, 3.63) is 0 Å². The number of nitrogens with zero attached hydrogens (tertiary/aromatic N) is 1. The van der Waals surface area contributed by atoms with Gasteiger partial charge in [-0.25, -0.2) is 0 Å². The number of rotatable bonds is 7. The normalized spacial score (nSPS) is 20.1. The van der Waals surface area contributed by atoms with Crippen LogP contribution < -0.4 is 5.32 Å². The van der Waals surface area contributed by atoms with Crippen LogP contribution in [0.2, 0.25) is 0 Å². The van der Waals surface area contributed by atoms with E-state index in [1.807, 2.05) is 0 Å². The van der Waals surface area contributed by atoms with Crippen molar-refractivity contribution < 1.29 is 9.84 Å². The molecule has 0 bridgehead atoms. The molecule has 14 heavy (non-hydrogen) atoms. The van der Waals surface area contributed by atoms with Crippen LogP contribution in [-0.4, -0.2) is 37.5 Å². The summed E-state index contributed by atoms with van der Waals surface area (Å²) in [4.78, 5) is 0. The second-order valence-electron chi connectivity index (χ2n) is 3.79. The molecule has 0 aromatic rings. The van der Waals surface area contributed by atoms with E-state index in [0.717, 1.165) is 12.8 Å². The van der Waals surface area contributed by atoms with Gasteiger partial charge in [0, 0.05) is 13.7 Å². The predicted molar refractivity (Wildman–Crippen MR) is 52.6 cm³/mol. The number of hydrogen-bond donors (Lipinski definition) is 2. The third-order valence-electron chi connectivity index (χ3n) is 2.62. The molecule has 0 aliphatic heterocycles. The summed E-state index contributed by atoms with van der Waals surface area (Å²) in [5.41, 5.74) is -0.524. The van der Waals surface area contributed by atoms with Gasteiger partial charge >= 0.3 is 0 Å². The van der Waals surface area contributed by atoms with E-state index < -0.39 is 5.54 Å². The fourth-order valence-electron chi connectivity index (χ4n) is 1.67. The fraction of sp³-hybridized carbons (Fsp3) is 0.900. The van der Waals surface area contributed by atoms with E-state index in [2.05, 4.69) is 11.4 Å². The van der Waals surface area contributed by atoms with Crippen molar-refractivity contribution in [2.45, 2.75) is 24.8 Å². The van der Waals surface area contributed by atoms with Crippen molar-refractivity contribution in [1.29, 1.82) is 5.26 Å². The number of nitriles is 1. The largest absolute Gasteiger partial charge is 0.396 e. The second-order valence-corrected chi connectivity index (χ2v) is 3.79. The van der Waals surface area contributed by atoms with E-state index in [1.54, 1.807) is 7.11 Å². The number of ether oxygens (including phenoxy) is 1. The second kappa shape index (κ2) is 5.30. The Kier molecular flexibility index (Phi) is 4.33. The highest BCUT2D eigenvalue weighted by atomic mass is 16.5. The molecular formula is C10H18N2O2. The van der Waals surface area contributed by atoms with E-state index in [4.69, 9.17) is 15.1 Å². The Labute approximate surface area is 84.9 Å². The molecule has 0 aromatic heterocycles. The molecule has 0 saturated heterocycles. The minimum Gasteiger partial charge on any atom is -0.396 e. The molecule has 1 rings (SSSR count). The van der Waals surface area contributed by atoms with Crippen LogP contribution in [0.5, 0.6) is 0 Å². The maximum atomic E-state index is 9.16. The van der Waals surface area contributed by atoms with E-state index in [0.29, 0.717) is 25.5 Å². The maximum Gasteiger partial charge on any atom is 0.133 e. The predicted octanol–water partition coefficient (Wildman–Crippen LogP) is 0.277. The summed E-state index contributed by atoms with van der Waals surface area (Å²) in [6.45, 7) is 1.26. The molecular weight excluding hydrogens is 180 g/mol. The smallest absolute Gasteiger partial charge is 0.133 e. The summed E-state index contributed by atoms with van der Waals surface area (Å²) in [6, 6.07) is 2.32. The maximum absolute atomic E-state index is 9.16. The van der Waals surface area contributed by atoms with Gasteiger partial charge in [-0.2, -0.15) is 5.26 Å². The Morgan fingerprint density at radius 3 is 2.79 bits per heavy atom. The van der Waals surface area contributed by atoms with Gasteiger partial charge in [0.1, 0.15) is 5.54 Å². The fourth-order valence-corrected chi connectivity index (χ4v) is 1.67. The lowest BCUT2D eigenvalue weighted by Crippen LogP contribution is -2.50. The molecule has 1 atom stereocenters. The summed E-state index contributed by atoms with van der Waals surface area (Å²) >= 11 is 0. The van der Waals surface area contributed by atoms with Gasteiger partial charge in [0.2, 0.25) is 0 Å².